The van der Waals surface area contributed by atoms with Gasteiger partial charge in [-0.05, 0) is 19.1 Å². The number of carboxylic acids is 1. The second-order valence-electron chi connectivity index (χ2n) is 3.81. The number of aromatic carboxylic acids is 1. The largest absolute Gasteiger partial charge is 0.477 e. The minimum absolute atomic E-state index is 0.0406. The molecule has 0 spiro atoms. The quantitative estimate of drug-likeness (QED) is 0.874. The Morgan fingerprint density at radius 3 is 3.00 bits per heavy atom. The summed E-state index contributed by atoms with van der Waals surface area (Å²) in [5, 5.41) is 13.0. The van der Waals surface area contributed by atoms with Gasteiger partial charge < -0.3 is 19.1 Å². The summed E-state index contributed by atoms with van der Waals surface area (Å²) in [6, 6.07) is 5.22. The number of aryl methyl sites for hydroxylation is 1. The molecule has 18 heavy (non-hydrogen) atoms. The standard InChI is InChI=1S/C12H9NO5/c1-6-9(12(14)15)10(13-18-6)7-3-2-4-8-11(7)17-5-16-8/h2-4H,5H2,1H3,(H,14,15). The van der Waals surface area contributed by atoms with E-state index in [1.807, 2.05) is 0 Å². The number of benzene rings is 1. The number of para-hydroxylation sites is 1. The number of fused-ring (bicyclic) bond motifs is 1. The Kier molecular flexibility index (Phi) is 2.22. The molecular weight excluding hydrogens is 238 g/mol. The summed E-state index contributed by atoms with van der Waals surface area (Å²) in [6.07, 6.45) is 0. The highest BCUT2D eigenvalue weighted by Gasteiger charge is 2.26. The fraction of sp³-hybridized carbons (Fsp3) is 0.167. The zero-order valence-corrected chi connectivity index (χ0v) is 9.47. The van der Waals surface area contributed by atoms with Crippen LogP contribution >= 0.6 is 0 Å². The summed E-state index contributed by atoms with van der Waals surface area (Å²) in [5.41, 5.74) is 0.848. The molecule has 2 heterocycles. The molecule has 0 saturated heterocycles. The molecule has 1 aromatic carbocycles. The number of aromatic nitrogens is 1. The highest BCUT2D eigenvalue weighted by molar-refractivity contribution is 5.96. The first kappa shape index (κ1) is 10.6. The molecule has 0 fully saturated rings. The van der Waals surface area contributed by atoms with Gasteiger partial charge in [0.1, 0.15) is 17.0 Å². The molecule has 3 rings (SSSR count). The van der Waals surface area contributed by atoms with Crippen molar-refractivity contribution in [2.75, 3.05) is 6.79 Å². The first-order chi connectivity index (χ1) is 8.68. The van der Waals surface area contributed by atoms with E-state index in [1.54, 1.807) is 25.1 Å². The Morgan fingerprint density at radius 2 is 2.22 bits per heavy atom. The van der Waals surface area contributed by atoms with E-state index in [2.05, 4.69) is 5.16 Å². The highest BCUT2D eigenvalue weighted by atomic mass is 16.7. The summed E-state index contributed by atoms with van der Waals surface area (Å²) >= 11 is 0. The molecule has 1 aliphatic rings. The van der Waals surface area contributed by atoms with E-state index in [0.717, 1.165) is 0 Å². The van der Waals surface area contributed by atoms with E-state index >= 15 is 0 Å². The second kappa shape index (κ2) is 3.76. The lowest BCUT2D eigenvalue weighted by atomic mass is 10.0. The molecule has 92 valence electrons. The van der Waals surface area contributed by atoms with E-state index in [-0.39, 0.29) is 23.8 Å². The molecular formula is C12H9NO5. The van der Waals surface area contributed by atoms with Crippen LogP contribution in [-0.4, -0.2) is 23.0 Å². The molecule has 1 N–H and O–H groups in total. The number of carbonyl (C=O) groups is 1. The third-order valence-electron chi connectivity index (χ3n) is 2.73. The van der Waals surface area contributed by atoms with Crippen LogP contribution in [0.3, 0.4) is 0 Å². The maximum Gasteiger partial charge on any atom is 0.341 e. The number of nitrogens with zero attached hydrogens (tertiary/aromatic N) is 1. The molecule has 2 aromatic rings. The van der Waals surface area contributed by atoms with Crippen LogP contribution < -0.4 is 9.47 Å². The molecule has 6 heteroatoms. The minimum Gasteiger partial charge on any atom is -0.477 e. The Labute approximate surface area is 102 Å². The Balaban J connectivity index is 2.22. The molecule has 0 atom stereocenters. The van der Waals surface area contributed by atoms with Crippen molar-refractivity contribution >= 4 is 5.97 Å². The van der Waals surface area contributed by atoms with Crippen LogP contribution in [-0.2, 0) is 0 Å². The first-order valence-electron chi connectivity index (χ1n) is 5.27. The van der Waals surface area contributed by atoms with Crippen molar-refractivity contribution in [2.24, 2.45) is 0 Å². The van der Waals surface area contributed by atoms with Crippen LogP contribution in [0.25, 0.3) is 11.3 Å². The summed E-state index contributed by atoms with van der Waals surface area (Å²) < 4.78 is 15.5. The van der Waals surface area contributed by atoms with E-state index < -0.39 is 5.97 Å². The smallest absolute Gasteiger partial charge is 0.341 e. The fourth-order valence-electron chi connectivity index (χ4n) is 1.92. The number of carboxylic acid groups (broad SMARTS) is 1. The third-order valence-corrected chi connectivity index (χ3v) is 2.73. The average Bonchev–Trinajstić information content (AvgIpc) is 2.94. The summed E-state index contributed by atoms with van der Waals surface area (Å²) in [6.45, 7) is 1.67. The fourth-order valence-corrected chi connectivity index (χ4v) is 1.92. The van der Waals surface area contributed by atoms with Crippen molar-refractivity contribution in [2.45, 2.75) is 6.92 Å². The van der Waals surface area contributed by atoms with Crippen molar-refractivity contribution in [1.29, 1.82) is 0 Å². The third kappa shape index (κ3) is 1.42. The average molecular weight is 247 g/mol. The van der Waals surface area contributed by atoms with Gasteiger partial charge in [-0.1, -0.05) is 11.2 Å². The topological polar surface area (TPSA) is 81.8 Å². The first-order valence-corrected chi connectivity index (χ1v) is 5.27. The van der Waals surface area contributed by atoms with Crippen LogP contribution in [0.2, 0.25) is 0 Å². The van der Waals surface area contributed by atoms with Crippen molar-refractivity contribution in [3.8, 4) is 22.8 Å². The normalized spacial score (nSPS) is 12.7. The Bertz CT molecular complexity index is 631. The predicted molar refractivity (Wildman–Crippen MR) is 59.8 cm³/mol. The van der Waals surface area contributed by atoms with Gasteiger partial charge in [-0.15, -0.1) is 0 Å². The molecule has 0 unspecified atom stereocenters. The summed E-state index contributed by atoms with van der Waals surface area (Å²) in [5.74, 6) is 0.243. The lowest BCUT2D eigenvalue weighted by molar-refractivity contribution is 0.0696. The maximum absolute atomic E-state index is 11.2. The van der Waals surface area contributed by atoms with Crippen LogP contribution in [0.1, 0.15) is 16.1 Å². The number of hydrogen-bond donors (Lipinski definition) is 1. The van der Waals surface area contributed by atoms with E-state index in [1.165, 1.54) is 0 Å². The zero-order valence-electron chi connectivity index (χ0n) is 9.47. The molecule has 0 amide bonds. The second-order valence-corrected chi connectivity index (χ2v) is 3.81. The van der Waals surface area contributed by atoms with Crippen molar-refractivity contribution < 1.29 is 23.9 Å². The van der Waals surface area contributed by atoms with Crippen molar-refractivity contribution in [1.82, 2.24) is 5.16 Å². The van der Waals surface area contributed by atoms with Gasteiger partial charge in [0.25, 0.3) is 0 Å². The summed E-state index contributed by atoms with van der Waals surface area (Å²) in [4.78, 5) is 11.2. The van der Waals surface area contributed by atoms with Gasteiger partial charge in [0.15, 0.2) is 11.5 Å². The zero-order chi connectivity index (χ0) is 12.7. The maximum atomic E-state index is 11.2. The van der Waals surface area contributed by atoms with Gasteiger partial charge in [0.2, 0.25) is 6.79 Å². The molecule has 6 nitrogen and oxygen atoms in total. The minimum atomic E-state index is -1.08. The number of hydrogen-bond acceptors (Lipinski definition) is 5. The monoisotopic (exact) mass is 247 g/mol. The number of rotatable bonds is 2. The van der Waals surface area contributed by atoms with E-state index in [0.29, 0.717) is 17.1 Å². The van der Waals surface area contributed by atoms with E-state index in [9.17, 15) is 9.90 Å². The lowest BCUT2D eigenvalue weighted by Gasteiger charge is -2.03. The molecule has 0 radical (unpaired) electrons. The lowest BCUT2D eigenvalue weighted by Crippen LogP contribution is -2.00. The van der Waals surface area contributed by atoms with Crippen molar-refractivity contribution in [3.63, 3.8) is 0 Å². The van der Waals surface area contributed by atoms with Crippen LogP contribution in [0, 0.1) is 6.92 Å². The van der Waals surface area contributed by atoms with Crippen LogP contribution in [0.4, 0.5) is 0 Å². The van der Waals surface area contributed by atoms with Gasteiger partial charge in [-0.3, -0.25) is 0 Å². The predicted octanol–water partition coefficient (Wildman–Crippen LogP) is 2.08. The molecule has 0 aliphatic carbocycles. The van der Waals surface area contributed by atoms with Gasteiger partial charge in [0.05, 0.1) is 5.56 Å². The van der Waals surface area contributed by atoms with Gasteiger partial charge in [0, 0.05) is 0 Å². The SMILES string of the molecule is Cc1onc(-c2cccc3c2OCO3)c1C(=O)O. The van der Waals surface area contributed by atoms with Gasteiger partial charge >= 0.3 is 5.97 Å². The highest BCUT2D eigenvalue weighted by Crippen LogP contribution is 2.42. The van der Waals surface area contributed by atoms with Crippen LogP contribution in [0.5, 0.6) is 11.5 Å². The van der Waals surface area contributed by atoms with Gasteiger partial charge in [-0.25, -0.2) is 4.79 Å². The molecule has 0 bridgehead atoms. The Morgan fingerprint density at radius 1 is 1.39 bits per heavy atom. The molecule has 1 aromatic heterocycles. The van der Waals surface area contributed by atoms with E-state index in [4.69, 9.17) is 14.0 Å². The Hall–Kier alpha value is -2.50. The summed E-state index contributed by atoms with van der Waals surface area (Å²) in [7, 11) is 0. The van der Waals surface area contributed by atoms with Gasteiger partial charge in [-0.2, -0.15) is 0 Å². The molecule has 0 saturated carbocycles. The van der Waals surface area contributed by atoms with Crippen molar-refractivity contribution in [3.05, 3.63) is 29.5 Å². The van der Waals surface area contributed by atoms with Crippen LogP contribution in [0.15, 0.2) is 22.7 Å². The number of ether oxygens (including phenoxy) is 2. The molecule has 1 aliphatic heterocycles.